The number of carbonyl (C=O) groups excluding carboxylic acids is 1. The summed E-state index contributed by atoms with van der Waals surface area (Å²) in [6, 6.07) is 11.0. The predicted molar refractivity (Wildman–Crippen MR) is 156 cm³/mol. The molecule has 0 atom stereocenters. The van der Waals surface area contributed by atoms with Crippen molar-refractivity contribution in [2.24, 2.45) is 0 Å². The third-order valence-corrected chi connectivity index (χ3v) is 7.60. The number of rotatable bonds is 7. The third-order valence-electron chi connectivity index (χ3n) is 7.60. The van der Waals surface area contributed by atoms with Gasteiger partial charge in [-0.25, -0.2) is 18.4 Å². The van der Waals surface area contributed by atoms with Crippen LogP contribution in [-0.4, -0.2) is 75.5 Å². The summed E-state index contributed by atoms with van der Waals surface area (Å²) in [5.74, 6) is 4.00. The zero-order valence-corrected chi connectivity index (χ0v) is 23.2. The van der Waals surface area contributed by atoms with E-state index in [2.05, 4.69) is 37.5 Å². The largest absolute Gasteiger partial charge is 0.378 e. The first kappa shape index (κ1) is 28.4. The van der Waals surface area contributed by atoms with E-state index in [1.54, 1.807) is 6.20 Å². The number of fused-ring (bicyclic) bond motifs is 1. The highest BCUT2D eigenvalue weighted by Crippen LogP contribution is 2.21. The molecule has 2 N–H and O–H groups in total. The molecule has 2 fully saturated rings. The number of hydrogen-bond acceptors (Lipinski definition) is 8. The molecule has 220 valence electrons. The van der Waals surface area contributed by atoms with Crippen LogP contribution in [-0.2, 0) is 11.3 Å². The minimum absolute atomic E-state index is 0.000754. The van der Waals surface area contributed by atoms with Crippen molar-refractivity contribution in [2.45, 2.75) is 31.5 Å². The van der Waals surface area contributed by atoms with E-state index in [1.807, 2.05) is 18.2 Å². The topological polar surface area (TPSA) is 114 Å². The molecule has 0 spiro atoms. The summed E-state index contributed by atoms with van der Waals surface area (Å²) in [5.41, 5.74) is 1.71. The van der Waals surface area contributed by atoms with Gasteiger partial charge in [0, 0.05) is 30.9 Å². The highest BCUT2D eigenvalue weighted by Gasteiger charge is 2.29. The van der Waals surface area contributed by atoms with Crippen molar-refractivity contribution in [3.05, 3.63) is 93.5 Å². The van der Waals surface area contributed by atoms with Gasteiger partial charge in [0.15, 0.2) is 11.6 Å². The number of benzene rings is 2. The molecule has 2 aromatic heterocycles. The molecule has 2 aromatic carbocycles. The van der Waals surface area contributed by atoms with Gasteiger partial charge in [0.2, 0.25) is 0 Å². The van der Waals surface area contributed by atoms with Gasteiger partial charge in [-0.15, -0.1) is 0 Å². The molecular weight excluding hydrogens is 556 g/mol. The lowest BCUT2D eigenvalue weighted by molar-refractivity contribution is -0.0705. The van der Waals surface area contributed by atoms with E-state index in [-0.39, 0.29) is 18.7 Å². The lowest BCUT2D eigenvalue weighted by Gasteiger charge is -2.41. The van der Waals surface area contributed by atoms with Crippen LogP contribution in [0.1, 0.15) is 34.3 Å². The maximum atomic E-state index is 13.5. The normalized spacial score (nSPS) is 15.9. The highest BCUT2D eigenvalue weighted by atomic mass is 19.2. The van der Waals surface area contributed by atoms with E-state index >= 15 is 0 Å². The van der Waals surface area contributed by atoms with Crippen LogP contribution in [0.4, 0.5) is 14.6 Å². The SMILES string of the molecule is O=C(NCC#Cc1ccc2ncc(NC3CCN(C4COC4)CC3)nc2c1)c1ccnn(Cc2ccc(F)c(F)c2)c1=O. The highest BCUT2D eigenvalue weighted by molar-refractivity contribution is 5.93. The second-order valence-corrected chi connectivity index (χ2v) is 10.5. The van der Waals surface area contributed by atoms with Crippen molar-refractivity contribution in [3.8, 4) is 11.8 Å². The van der Waals surface area contributed by atoms with E-state index < -0.39 is 23.1 Å². The molecule has 0 aliphatic carbocycles. The summed E-state index contributed by atoms with van der Waals surface area (Å²) in [5, 5.41) is 10.1. The Morgan fingerprint density at radius 1 is 1.05 bits per heavy atom. The molecule has 43 heavy (non-hydrogen) atoms. The van der Waals surface area contributed by atoms with Gasteiger partial charge in [0.25, 0.3) is 11.5 Å². The van der Waals surface area contributed by atoms with Crippen LogP contribution in [0.25, 0.3) is 11.0 Å². The molecule has 2 aliphatic heterocycles. The summed E-state index contributed by atoms with van der Waals surface area (Å²) in [6.45, 7) is 3.63. The Morgan fingerprint density at radius 3 is 2.65 bits per heavy atom. The van der Waals surface area contributed by atoms with Crippen LogP contribution < -0.4 is 16.2 Å². The predicted octanol–water partition coefficient (Wildman–Crippen LogP) is 2.57. The quantitative estimate of drug-likeness (QED) is 0.318. The molecule has 4 heterocycles. The summed E-state index contributed by atoms with van der Waals surface area (Å²) >= 11 is 0. The number of carbonyl (C=O) groups is 1. The third kappa shape index (κ3) is 6.69. The zero-order chi connectivity index (χ0) is 29.8. The molecule has 6 rings (SSSR count). The molecule has 2 saturated heterocycles. The number of amides is 1. The number of nitrogens with zero attached hydrogens (tertiary/aromatic N) is 5. The zero-order valence-electron chi connectivity index (χ0n) is 23.2. The molecule has 12 heteroatoms. The molecule has 1 amide bonds. The number of ether oxygens (including phenoxy) is 1. The average Bonchev–Trinajstić information content (AvgIpc) is 2.98. The Bertz CT molecular complexity index is 1770. The number of halogens is 2. The minimum Gasteiger partial charge on any atom is -0.378 e. The molecule has 0 unspecified atom stereocenters. The molecule has 10 nitrogen and oxygen atoms in total. The van der Waals surface area contributed by atoms with Crippen LogP contribution >= 0.6 is 0 Å². The number of aromatic nitrogens is 4. The number of nitrogens with one attached hydrogen (secondary N) is 2. The Kier molecular flexibility index (Phi) is 8.35. The van der Waals surface area contributed by atoms with E-state index in [0.29, 0.717) is 28.7 Å². The van der Waals surface area contributed by atoms with Gasteiger partial charge in [0.05, 0.1) is 49.6 Å². The van der Waals surface area contributed by atoms with Crippen molar-refractivity contribution >= 4 is 22.8 Å². The van der Waals surface area contributed by atoms with Crippen molar-refractivity contribution in [2.75, 3.05) is 38.2 Å². The van der Waals surface area contributed by atoms with E-state index in [9.17, 15) is 18.4 Å². The first-order valence-corrected chi connectivity index (χ1v) is 14.1. The van der Waals surface area contributed by atoms with Gasteiger partial charge in [0.1, 0.15) is 11.4 Å². The molecule has 4 aromatic rings. The van der Waals surface area contributed by atoms with Gasteiger partial charge >= 0.3 is 0 Å². The Labute approximate surface area is 246 Å². The Morgan fingerprint density at radius 2 is 1.88 bits per heavy atom. The van der Waals surface area contributed by atoms with Crippen LogP contribution in [0.2, 0.25) is 0 Å². The van der Waals surface area contributed by atoms with Crippen LogP contribution in [0.3, 0.4) is 0 Å². The smallest absolute Gasteiger partial charge is 0.279 e. The summed E-state index contributed by atoms with van der Waals surface area (Å²) < 4.78 is 33.1. The van der Waals surface area contributed by atoms with Crippen molar-refractivity contribution in [1.29, 1.82) is 0 Å². The summed E-state index contributed by atoms with van der Waals surface area (Å²) in [7, 11) is 0. The first-order valence-electron chi connectivity index (χ1n) is 14.1. The van der Waals surface area contributed by atoms with Gasteiger partial charge < -0.3 is 15.4 Å². The van der Waals surface area contributed by atoms with Gasteiger partial charge in [-0.2, -0.15) is 5.10 Å². The van der Waals surface area contributed by atoms with Crippen molar-refractivity contribution in [3.63, 3.8) is 0 Å². The lowest BCUT2D eigenvalue weighted by atomic mass is 10.0. The maximum Gasteiger partial charge on any atom is 0.279 e. The maximum absolute atomic E-state index is 13.5. The van der Waals surface area contributed by atoms with Crippen LogP contribution in [0.15, 0.2) is 59.7 Å². The molecule has 0 radical (unpaired) electrons. The van der Waals surface area contributed by atoms with Gasteiger partial charge in [-0.3, -0.25) is 19.5 Å². The first-order chi connectivity index (χ1) is 20.9. The monoisotopic (exact) mass is 585 g/mol. The standard InChI is InChI=1S/C31H29F2N7O3/c32-25-5-3-21(14-26(25)33)17-40-31(42)24(7-11-36-40)30(41)34-10-1-2-20-4-6-27-28(15-20)38-29(16-35-27)37-22-8-12-39(13-9-22)23-18-43-19-23/h3-7,11,14-16,22-23H,8-10,12-13,17-19H2,(H,34,41)(H,37,38). The van der Waals surface area contributed by atoms with Crippen molar-refractivity contribution < 1.29 is 18.3 Å². The van der Waals surface area contributed by atoms with E-state index in [1.165, 1.54) is 18.3 Å². The fourth-order valence-electron chi connectivity index (χ4n) is 5.12. The fraction of sp³-hybridized carbons (Fsp3) is 0.323. The number of anilines is 1. The molecule has 2 aliphatic rings. The number of likely N-dealkylation sites (tertiary alicyclic amines) is 1. The van der Waals surface area contributed by atoms with Crippen LogP contribution in [0, 0.1) is 23.5 Å². The number of hydrogen-bond donors (Lipinski definition) is 2. The average molecular weight is 586 g/mol. The second kappa shape index (κ2) is 12.6. The van der Waals surface area contributed by atoms with E-state index in [4.69, 9.17) is 9.72 Å². The Balaban J connectivity index is 1.05. The molecule has 0 saturated carbocycles. The van der Waals surface area contributed by atoms with E-state index in [0.717, 1.165) is 67.3 Å². The van der Waals surface area contributed by atoms with Crippen molar-refractivity contribution in [1.82, 2.24) is 30.0 Å². The van der Waals surface area contributed by atoms with Gasteiger partial charge in [-0.05, 0) is 54.8 Å². The van der Waals surface area contributed by atoms with Crippen LogP contribution in [0.5, 0.6) is 0 Å². The Hall–Kier alpha value is -4.73. The second-order valence-electron chi connectivity index (χ2n) is 10.5. The minimum atomic E-state index is -1.03. The summed E-state index contributed by atoms with van der Waals surface area (Å²) in [4.78, 5) is 37.2. The number of piperidine rings is 1. The lowest BCUT2D eigenvalue weighted by Crippen LogP contribution is -2.53. The molecule has 0 bridgehead atoms. The molecular formula is C31H29F2N7O3. The summed E-state index contributed by atoms with van der Waals surface area (Å²) in [6.07, 6.45) is 5.12. The van der Waals surface area contributed by atoms with Gasteiger partial charge in [-0.1, -0.05) is 17.9 Å². The fourth-order valence-corrected chi connectivity index (χ4v) is 5.12.